The Morgan fingerprint density at radius 3 is 2.85 bits per heavy atom. The number of rotatable bonds is 9. The summed E-state index contributed by atoms with van der Waals surface area (Å²) >= 11 is 0. The quantitative estimate of drug-likeness (QED) is 0.387. The van der Waals surface area contributed by atoms with Crippen molar-refractivity contribution in [2.45, 2.75) is 37.7 Å². The Balaban J connectivity index is 1.33. The van der Waals surface area contributed by atoms with Crippen LogP contribution in [0.2, 0.25) is 0 Å². The van der Waals surface area contributed by atoms with Gasteiger partial charge in [-0.1, -0.05) is 28.0 Å². The second-order valence-electron chi connectivity index (χ2n) is 8.86. The Hall–Kier alpha value is -1.69. The smallest absolute Gasteiger partial charge is 0.414 e. The van der Waals surface area contributed by atoms with Crippen LogP contribution in [0.3, 0.4) is 0 Å². The molecule has 0 bridgehead atoms. The number of hydrogen-bond acceptors (Lipinski definition) is 8. The number of nitrogens with zero attached hydrogens (tertiary/aromatic N) is 3. The highest BCUT2D eigenvalue weighted by Crippen LogP contribution is 2.35. The van der Waals surface area contributed by atoms with Gasteiger partial charge in [-0.15, -0.1) is 0 Å². The minimum absolute atomic E-state index is 0.138. The van der Waals surface area contributed by atoms with Crippen LogP contribution in [0, 0.1) is 5.82 Å². The number of halogens is 1. The Kier molecular flexibility index (Phi) is 9.21. The molecule has 4 rings (SSSR count). The lowest BCUT2D eigenvalue weighted by molar-refractivity contribution is -0.119. The molecule has 3 saturated heterocycles. The van der Waals surface area contributed by atoms with Gasteiger partial charge in [0.2, 0.25) is 5.91 Å². The van der Waals surface area contributed by atoms with Crippen LogP contribution >= 0.6 is 21.6 Å². The van der Waals surface area contributed by atoms with Crippen LogP contribution in [0.5, 0.6) is 0 Å². The van der Waals surface area contributed by atoms with E-state index in [0.29, 0.717) is 11.4 Å². The molecule has 3 aliphatic heterocycles. The van der Waals surface area contributed by atoms with Gasteiger partial charge < -0.3 is 25.2 Å². The predicted octanol–water partition coefficient (Wildman–Crippen LogP) is 2.89. The fourth-order valence-corrected chi connectivity index (χ4v) is 7.10. The number of amides is 2. The van der Waals surface area contributed by atoms with E-state index < -0.39 is 12.2 Å². The van der Waals surface area contributed by atoms with E-state index in [2.05, 4.69) is 20.4 Å². The summed E-state index contributed by atoms with van der Waals surface area (Å²) in [5, 5.41) is 6.21. The first kappa shape index (κ1) is 25.4. The molecule has 8 nitrogen and oxygen atoms in total. The fraction of sp³-hybridized carbons (Fsp3) is 0.652. The number of nitrogens with one attached hydrogen (secondary N) is 2. The normalized spacial score (nSPS) is 23.8. The lowest BCUT2D eigenvalue weighted by Gasteiger charge is -2.37. The first-order valence-corrected chi connectivity index (χ1v) is 14.4. The maximum absolute atomic E-state index is 15.3. The van der Waals surface area contributed by atoms with Crippen LogP contribution in [-0.2, 0) is 9.53 Å². The van der Waals surface area contributed by atoms with E-state index in [-0.39, 0.29) is 30.2 Å². The molecule has 188 valence electrons. The van der Waals surface area contributed by atoms with Gasteiger partial charge in [0, 0.05) is 38.9 Å². The fourth-order valence-electron chi connectivity index (χ4n) is 4.51. The van der Waals surface area contributed by atoms with Crippen LogP contribution < -0.4 is 20.4 Å². The molecule has 3 fully saturated rings. The molecule has 0 spiro atoms. The molecule has 2 N–H and O–H groups in total. The minimum atomic E-state index is -0.525. The van der Waals surface area contributed by atoms with Gasteiger partial charge in [0.25, 0.3) is 0 Å². The van der Waals surface area contributed by atoms with Gasteiger partial charge in [0.05, 0.1) is 29.8 Å². The van der Waals surface area contributed by atoms with Crippen LogP contribution in [0.4, 0.5) is 20.6 Å². The summed E-state index contributed by atoms with van der Waals surface area (Å²) in [6, 6.07) is 4.94. The number of anilines is 2. The predicted molar refractivity (Wildman–Crippen MR) is 137 cm³/mol. The Morgan fingerprint density at radius 2 is 2.09 bits per heavy atom. The van der Waals surface area contributed by atoms with Gasteiger partial charge in [0.1, 0.15) is 11.9 Å². The lowest BCUT2D eigenvalue weighted by atomic mass is 10.1. The van der Waals surface area contributed by atoms with E-state index in [4.69, 9.17) is 4.74 Å². The van der Waals surface area contributed by atoms with Gasteiger partial charge in [-0.25, -0.2) is 9.18 Å². The first-order chi connectivity index (χ1) is 16.5. The Bertz CT molecular complexity index is 858. The van der Waals surface area contributed by atoms with Crippen molar-refractivity contribution in [2.75, 3.05) is 67.9 Å². The summed E-state index contributed by atoms with van der Waals surface area (Å²) in [7, 11) is 3.66. The van der Waals surface area contributed by atoms with Crippen molar-refractivity contribution in [2.24, 2.45) is 0 Å². The number of ether oxygens (including phenoxy) is 1. The number of carbonyl (C=O) groups excluding carboxylic acids is 2. The molecule has 2 atom stereocenters. The average Bonchev–Trinajstić information content (AvgIpc) is 3.22. The van der Waals surface area contributed by atoms with Crippen molar-refractivity contribution in [1.29, 1.82) is 0 Å². The van der Waals surface area contributed by atoms with Crippen LogP contribution in [0.25, 0.3) is 0 Å². The monoisotopic (exact) mass is 511 g/mol. The van der Waals surface area contributed by atoms with Crippen LogP contribution in [-0.4, -0.2) is 86.5 Å². The van der Waals surface area contributed by atoms with Crippen LogP contribution in [0.15, 0.2) is 18.2 Å². The molecule has 1 aromatic carbocycles. The molecule has 3 aliphatic rings. The molecular weight excluding hydrogens is 477 g/mol. The molecule has 0 aliphatic carbocycles. The third kappa shape index (κ3) is 6.71. The van der Waals surface area contributed by atoms with E-state index in [9.17, 15) is 9.59 Å². The highest BCUT2D eigenvalue weighted by molar-refractivity contribution is 8.77. The van der Waals surface area contributed by atoms with Crippen molar-refractivity contribution >= 4 is 45.0 Å². The van der Waals surface area contributed by atoms with Gasteiger partial charge >= 0.3 is 6.09 Å². The number of benzene rings is 1. The molecule has 1 aromatic rings. The summed E-state index contributed by atoms with van der Waals surface area (Å²) in [6.45, 7) is 7.78. The lowest BCUT2D eigenvalue weighted by Crippen LogP contribution is -2.50. The number of piperidine rings is 1. The summed E-state index contributed by atoms with van der Waals surface area (Å²) in [5.74, 6) is 0.534. The Morgan fingerprint density at radius 1 is 1.26 bits per heavy atom. The molecular formula is C23H34FN5O3S2. The third-order valence-corrected chi connectivity index (χ3v) is 9.02. The summed E-state index contributed by atoms with van der Waals surface area (Å²) in [4.78, 5) is 29.5. The molecule has 34 heavy (non-hydrogen) atoms. The SMILES string of the molecule is CC(=O)NCC1CN(c2ccc(N3CCNCC3SSCCN3CCCCC3)c(F)c2)C(=O)O1. The molecule has 11 heteroatoms. The van der Waals surface area contributed by atoms with Gasteiger partial charge in [-0.2, -0.15) is 0 Å². The standard InChI is InChI=1S/C23H34FN5O3S2/c1-17(30)26-14-19-16-29(23(31)32-19)18-5-6-21(20(24)13-18)28-10-7-25-15-22(28)34-33-12-11-27-8-3-2-4-9-27/h5-6,13,19,22,25H,2-4,7-12,14-16H2,1H3,(H,26,30). The Labute approximate surface area is 208 Å². The molecule has 2 unspecified atom stereocenters. The summed E-state index contributed by atoms with van der Waals surface area (Å²) in [5.41, 5.74) is 1.02. The van der Waals surface area contributed by atoms with Crippen molar-refractivity contribution in [3.05, 3.63) is 24.0 Å². The van der Waals surface area contributed by atoms with Gasteiger partial charge in [-0.05, 0) is 44.1 Å². The molecule has 0 aromatic heterocycles. The van der Waals surface area contributed by atoms with Crippen molar-refractivity contribution < 1.29 is 18.7 Å². The number of carbonyl (C=O) groups is 2. The highest BCUT2D eigenvalue weighted by atomic mass is 33.1. The summed E-state index contributed by atoms with van der Waals surface area (Å²) in [6.07, 6.45) is 2.98. The average molecular weight is 512 g/mol. The molecule has 3 heterocycles. The van der Waals surface area contributed by atoms with Crippen LogP contribution in [0.1, 0.15) is 26.2 Å². The maximum Gasteiger partial charge on any atom is 0.414 e. The zero-order chi connectivity index (χ0) is 23.9. The van der Waals surface area contributed by atoms with Gasteiger partial charge in [0.15, 0.2) is 0 Å². The van der Waals surface area contributed by atoms with E-state index >= 15 is 4.39 Å². The molecule has 0 radical (unpaired) electrons. The largest absolute Gasteiger partial charge is 0.442 e. The zero-order valence-corrected chi connectivity index (χ0v) is 21.3. The van der Waals surface area contributed by atoms with Crippen molar-refractivity contribution in [1.82, 2.24) is 15.5 Å². The number of likely N-dealkylation sites (tertiary alicyclic amines) is 1. The third-order valence-electron chi connectivity index (χ3n) is 6.32. The van der Waals surface area contributed by atoms with E-state index in [1.807, 2.05) is 10.8 Å². The number of piperazine rings is 1. The van der Waals surface area contributed by atoms with Gasteiger partial charge in [-0.3, -0.25) is 9.69 Å². The van der Waals surface area contributed by atoms with Crippen molar-refractivity contribution in [3.8, 4) is 0 Å². The second-order valence-corrected chi connectivity index (χ2v) is 11.5. The van der Waals surface area contributed by atoms with Crippen molar-refractivity contribution in [3.63, 3.8) is 0 Å². The topological polar surface area (TPSA) is 77.2 Å². The maximum atomic E-state index is 15.3. The molecule has 0 saturated carbocycles. The first-order valence-electron chi connectivity index (χ1n) is 12.0. The number of cyclic esters (lactones) is 1. The molecule has 2 amide bonds. The summed E-state index contributed by atoms with van der Waals surface area (Å²) < 4.78 is 20.6. The zero-order valence-electron chi connectivity index (χ0n) is 19.6. The second kappa shape index (κ2) is 12.3. The van der Waals surface area contributed by atoms with E-state index in [1.165, 1.54) is 50.2 Å². The highest BCUT2D eigenvalue weighted by Gasteiger charge is 2.33. The number of hydrogen-bond donors (Lipinski definition) is 2. The van der Waals surface area contributed by atoms with E-state index in [0.717, 1.165) is 31.9 Å². The van der Waals surface area contributed by atoms with E-state index in [1.54, 1.807) is 22.9 Å². The minimum Gasteiger partial charge on any atom is -0.442 e.